The van der Waals surface area contributed by atoms with E-state index in [0.717, 1.165) is 33.9 Å². The molecule has 0 bridgehead atoms. The molecule has 0 aliphatic heterocycles. The molecule has 62 valence electrons. The van der Waals surface area contributed by atoms with E-state index in [4.69, 9.17) is 7.94 Å². The molecule has 0 spiro atoms. The zero-order chi connectivity index (χ0) is 8.04. The predicted octanol–water partition coefficient (Wildman–Crippen LogP) is 3.73. The third-order valence-electron chi connectivity index (χ3n) is 0.416. The summed E-state index contributed by atoms with van der Waals surface area (Å²) in [5.74, 6) is 0. The van der Waals surface area contributed by atoms with Crippen molar-refractivity contribution in [3.8, 4) is 0 Å². The number of hydrogen-bond donors (Lipinski definition) is 0. The van der Waals surface area contributed by atoms with E-state index in [1.165, 1.54) is 0 Å². The number of rotatable bonds is 5. The SMILES string of the molecule is CSOP(=O)(OSC)SBr. The molecule has 0 rings (SSSR count). The van der Waals surface area contributed by atoms with Crippen LogP contribution in [0.2, 0.25) is 0 Å². The van der Waals surface area contributed by atoms with Gasteiger partial charge in [-0.1, -0.05) is 0 Å². The Morgan fingerprint density at radius 1 is 1.30 bits per heavy atom. The van der Waals surface area contributed by atoms with Gasteiger partial charge < -0.3 is 0 Å². The molecule has 10 heavy (non-hydrogen) atoms. The highest BCUT2D eigenvalue weighted by Crippen LogP contribution is 2.67. The van der Waals surface area contributed by atoms with Gasteiger partial charge >= 0.3 is 6.80 Å². The molecular formula is C2H6BrO3PS3. The van der Waals surface area contributed by atoms with Crippen LogP contribution in [0.5, 0.6) is 0 Å². The molecule has 0 amide bonds. The van der Waals surface area contributed by atoms with Gasteiger partial charge in [0.05, 0.1) is 0 Å². The third-order valence-corrected chi connectivity index (χ3v) is 8.03. The van der Waals surface area contributed by atoms with Crippen molar-refractivity contribution in [1.82, 2.24) is 0 Å². The largest absolute Gasteiger partial charge is 0.422 e. The van der Waals surface area contributed by atoms with E-state index in [1.807, 2.05) is 0 Å². The van der Waals surface area contributed by atoms with Gasteiger partial charge in [-0.3, -0.25) is 0 Å². The molecule has 0 aromatic carbocycles. The summed E-state index contributed by atoms with van der Waals surface area (Å²) >= 11 is 4.99. The minimum absolute atomic E-state index is 0.903. The summed E-state index contributed by atoms with van der Waals surface area (Å²) in [6.45, 7) is -2.94. The molecule has 0 fully saturated rings. The van der Waals surface area contributed by atoms with Crippen molar-refractivity contribution >= 4 is 55.5 Å². The molecule has 0 aromatic rings. The lowest BCUT2D eigenvalue weighted by Gasteiger charge is -2.08. The van der Waals surface area contributed by atoms with E-state index in [1.54, 1.807) is 12.5 Å². The van der Waals surface area contributed by atoms with E-state index in [9.17, 15) is 4.57 Å². The van der Waals surface area contributed by atoms with Crippen LogP contribution in [0, 0.1) is 0 Å². The Hall–Kier alpha value is 1.68. The van der Waals surface area contributed by atoms with Gasteiger partial charge in [0.1, 0.15) is 0 Å². The van der Waals surface area contributed by atoms with Gasteiger partial charge in [-0.2, -0.15) is 0 Å². The minimum Gasteiger partial charge on any atom is -0.244 e. The standard InChI is InChI=1S/C2H6BrO3PS3/c1-8-5-7(4,10-3)6-9-2/h1-2H3. The molecule has 0 unspecified atom stereocenters. The molecule has 0 heterocycles. The third kappa shape index (κ3) is 4.54. The topological polar surface area (TPSA) is 35.5 Å². The van der Waals surface area contributed by atoms with Crippen molar-refractivity contribution in [2.75, 3.05) is 12.5 Å². The van der Waals surface area contributed by atoms with E-state index in [0.29, 0.717) is 0 Å². The highest BCUT2D eigenvalue weighted by Gasteiger charge is 2.24. The van der Waals surface area contributed by atoms with Crippen molar-refractivity contribution < 1.29 is 12.5 Å². The molecule has 0 atom stereocenters. The molecule has 0 saturated carbocycles. The Balaban J connectivity index is 3.83. The Bertz CT molecular complexity index is 123. The molecule has 3 nitrogen and oxygen atoms in total. The van der Waals surface area contributed by atoms with Crippen molar-refractivity contribution in [2.45, 2.75) is 0 Å². The molecule has 0 aliphatic rings. The predicted molar refractivity (Wildman–Crippen MR) is 53.3 cm³/mol. The molecule has 8 heteroatoms. The lowest BCUT2D eigenvalue weighted by Crippen LogP contribution is -1.75. The van der Waals surface area contributed by atoms with Crippen LogP contribution in [0.25, 0.3) is 0 Å². The average Bonchev–Trinajstić information content (AvgIpc) is 1.89. The molecule has 0 saturated heterocycles. The second kappa shape index (κ2) is 6.22. The van der Waals surface area contributed by atoms with Crippen molar-refractivity contribution in [1.29, 1.82) is 0 Å². The fourth-order valence-corrected chi connectivity index (χ4v) is 6.30. The summed E-state index contributed by atoms with van der Waals surface area (Å²) in [7, 11) is 0.903. The molecular weight excluding hydrogens is 279 g/mol. The second-order valence-corrected chi connectivity index (χ2v) is 8.25. The van der Waals surface area contributed by atoms with E-state index < -0.39 is 6.80 Å². The Morgan fingerprint density at radius 2 is 1.70 bits per heavy atom. The highest BCUT2D eigenvalue weighted by molar-refractivity contribution is 9.57. The van der Waals surface area contributed by atoms with Gasteiger partial charge in [0, 0.05) is 37.1 Å². The van der Waals surface area contributed by atoms with Gasteiger partial charge in [-0.15, -0.1) is 0 Å². The van der Waals surface area contributed by atoms with Crippen molar-refractivity contribution in [3.05, 3.63) is 0 Å². The monoisotopic (exact) mass is 284 g/mol. The van der Waals surface area contributed by atoms with Crippen LogP contribution in [0.15, 0.2) is 0 Å². The second-order valence-electron chi connectivity index (χ2n) is 0.999. The van der Waals surface area contributed by atoms with Gasteiger partial charge in [-0.25, -0.2) is 12.5 Å². The van der Waals surface area contributed by atoms with Crippen LogP contribution < -0.4 is 0 Å². The fraction of sp³-hybridized carbons (Fsp3) is 1.00. The lowest BCUT2D eigenvalue weighted by atomic mass is 12.0. The maximum atomic E-state index is 11.2. The fourth-order valence-electron chi connectivity index (χ4n) is 0.218. The Kier molecular flexibility index (Phi) is 7.27. The zero-order valence-corrected chi connectivity index (χ0v) is 10.2. The van der Waals surface area contributed by atoms with Crippen molar-refractivity contribution in [3.63, 3.8) is 0 Å². The Labute approximate surface area is 80.3 Å². The first-order chi connectivity index (χ1) is 4.68. The van der Waals surface area contributed by atoms with E-state index in [-0.39, 0.29) is 0 Å². The summed E-state index contributed by atoms with van der Waals surface area (Å²) in [6.07, 6.45) is 3.36. The molecule has 0 aliphatic carbocycles. The van der Waals surface area contributed by atoms with E-state index in [2.05, 4.69) is 14.8 Å². The maximum absolute atomic E-state index is 11.2. The van der Waals surface area contributed by atoms with Crippen LogP contribution in [-0.2, 0) is 12.5 Å². The average molecular weight is 285 g/mol. The van der Waals surface area contributed by atoms with Crippen LogP contribution in [-0.4, -0.2) is 12.5 Å². The summed E-state index contributed by atoms with van der Waals surface area (Å²) in [5, 5.41) is 0. The first kappa shape index (κ1) is 11.7. The highest BCUT2D eigenvalue weighted by atomic mass is 79.9. The van der Waals surface area contributed by atoms with E-state index >= 15 is 0 Å². The number of halogens is 1. The first-order valence-corrected chi connectivity index (χ1v) is 9.14. The normalized spacial score (nSPS) is 11.9. The lowest BCUT2D eigenvalue weighted by molar-refractivity contribution is 0.457. The summed E-state index contributed by atoms with van der Waals surface area (Å²) in [6, 6.07) is 0. The van der Waals surface area contributed by atoms with Gasteiger partial charge in [0.2, 0.25) is 0 Å². The van der Waals surface area contributed by atoms with Gasteiger partial charge in [0.15, 0.2) is 0 Å². The van der Waals surface area contributed by atoms with Crippen LogP contribution in [0.4, 0.5) is 0 Å². The summed E-state index contributed by atoms with van der Waals surface area (Å²) in [5.41, 5.74) is 0. The van der Waals surface area contributed by atoms with Gasteiger partial charge in [-0.05, 0) is 24.1 Å². The first-order valence-electron chi connectivity index (χ1n) is 2.03. The Morgan fingerprint density at radius 3 is 1.90 bits per heavy atom. The zero-order valence-electron chi connectivity index (χ0n) is 5.27. The molecule has 0 aromatic heterocycles. The molecule has 0 N–H and O–H groups in total. The quantitative estimate of drug-likeness (QED) is 0.566. The summed E-state index contributed by atoms with van der Waals surface area (Å²) in [4.78, 5) is 0. The maximum Gasteiger partial charge on any atom is 0.422 e. The van der Waals surface area contributed by atoms with Gasteiger partial charge in [0.25, 0.3) is 0 Å². The minimum atomic E-state index is -2.94. The van der Waals surface area contributed by atoms with Crippen LogP contribution in [0.1, 0.15) is 0 Å². The summed E-state index contributed by atoms with van der Waals surface area (Å²) < 4.78 is 20.7. The van der Waals surface area contributed by atoms with Crippen LogP contribution in [0.3, 0.4) is 0 Å². The molecule has 0 radical (unpaired) electrons. The smallest absolute Gasteiger partial charge is 0.244 e. The van der Waals surface area contributed by atoms with Crippen LogP contribution >= 0.6 is 55.5 Å². The van der Waals surface area contributed by atoms with Crippen molar-refractivity contribution in [2.24, 2.45) is 0 Å². The number of hydrogen-bond acceptors (Lipinski definition) is 6.